The second-order valence-electron chi connectivity index (χ2n) is 4.82. The van der Waals surface area contributed by atoms with E-state index in [0.29, 0.717) is 18.1 Å². The van der Waals surface area contributed by atoms with Crippen LogP contribution in [0.3, 0.4) is 0 Å². The topological polar surface area (TPSA) is 29.5 Å². The van der Waals surface area contributed by atoms with Crippen LogP contribution in [-0.4, -0.2) is 18.0 Å². The third-order valence-corrected chi connectivity index (χ3v) is 2.52. The highest BCUT2D eigenvalue weighted by atomic mass is 16.6. The van der Waals surface area contributed by atoms with Gasteiger partial charge in [0.1, 0.15) is 0 Å². The maximum absolute atomic E-state index is 9.36. The van der Waals surface area contributed by atoms with Crippen molar-refractivity contribution in [3.63, 3.8) is 0 Å². The van der Waals surface area contributed by atoms with Gasteiger partial charge in [0, 0.05) is 0 Å². The number of ether oxygens (including phenoxy) is 1. The van der Waals surface area contributed by atoms with Crippen LogP contribution >= 0.6 is 0 Å². The van der Waals surface area contributed by atoms with Crippen LogP contribution in [0.25, 0.3) is 0 Å². The van der Waals surface area contributed by atoms with Gasteiger partial charge < -0.3 is 9.84 Å². The molecule has 2 heteroatoms. The van der Waals surface area contributed by atoms with E-state index >= 15 is 0 Å². The van der Waals surface area contributed by atoms with Crippen LogP contribution in [0, 0.1) is 5.92 Å². The van der Waals surface area contributed by atoms with Gasteiger partial charge in [0.2, 0.25) is 0 Å². The molecule has 16 heavy (non-hydrogen) atoms. The number of allylic oxidation sites excluding steroid dienone is 2. The summed E-state index contributed by atoms with van der Waals surface area (Å²) in [6.07, 6.45) is 4.76. The lowest BCUT2D eigenvalue weighted by Gasteiger charge is -2.14. The molecule has 0 heterocycles. The van der Waals surface area contributed by atoms with Crippen molar-refractivity contribution < 1.29 is 9.84 Å². The minimum Gasteiger partial charge on any atom is -0.364 e. The fraction of sp³-hybridized carbons (Fsp3) is 0.714. The summed E-state index contributed by atoms with van der Waals surface area (Å²) in [5.41, 5.74) is 2.04. The quantitative estimate of drug-likeness (QED) is 0.505. The Kier molecular flexibility index (Phi) is 8.22. The van der Waals surface area contributed by atoms with Gasteiger partial charge in [-0.1, -0.05) is 25.2 Å². The smallest absolute Gasteiger partial charge is 0.176 e. The number of hydrogen-bond donors (Lipinski definition) is 1. The first-order valence-electron chi connectivity index (χ1n) is 6.02. The Morgan fingerprint density at radius 1 is 1.31 bits per heavy atom. The van der Waals surface area contributed by atoms with Crippen LogP contribution in [0.2, 0.25) is 0 Å². The predicted octanol–water partition coefficient (Wildman–Crippen LogP) is 3.67. The molecule has 0 aliphatic carbocycles. The molecule has 0 rings (SSSR count). The Labute approximate surface area is 100 Å². The molecule has 1 N–H and O–H groups in total. The highest BCUT2D eigenvalue weighted by Gasteiger charge is 2.06. The van der Waals surface area contributed by atoms with Crippen molar-refractivity contribution in [2.24, 2.45) is 5.92 Å². The summed E-state index contributed by atoms with van der Waals surface area (Å²) < 4.78 is 5.24. The molecule has 2 atom stereocenters. The van der Waals surface area contributed by atoms with Crippen LogP contribution in [0.15, 0.2) is 23.8 Å². The van der Waals surface area contributed by atoms with E-state index < -0.39 is 6.29 Å². The molecule has 0 bridgehead atoms. The molecule has 0 aliphatic rings. The zero-order chi connectivity index (χ0) is 12.6. The summed E-state index contributed by atoms with van der Waals surface area (Å²) >= 11 is 0. The van der Waals surface area contributed by atoms with Crippen molar-refractivity contribution in [3.05, 3.63) is 23.8 Å². The Bertz CT molecular complexity index is 227. The molecular weight excluding hydrogens is 200 g/mol. The van der Waals surface area contributed by atoms with Gasteiger partial charge in [-0.3, -0.25) is 0 Å². The van der Waals surface area contributed by atoms with Crippen molar-refractivity contribution in [2.45, 2.75) is 53.2 Å². The van der Waals surface area contributed by atoms with E-state index in [2.05, 4.69) is 33.4 Å². The number of rotatable bonds is 8. The normalized spacial score (nSPS) is 14.3. The largest absolute Gasteiger partial charge is 0.364 e. The minimum atomic E-state index is -0.801. The minimum absolute atomic E-state index is 0.601. The second kappa shape index (κ2) is 8.54. The van der Waals surface area contributed by atoms with Crippen LogP contribution in [0.5, 0.6) is 0 Å². The van der Waals surface area contributed by atoms with Gasteiger partial charge in [-0.2, -0.15) is 0 Å². The Hall–Kier alpha value is -0.600. The van der Waals surface area contributed by atoms with E-state index in [9.17, 15) is 5.11 Å². The van der Waals surface area contributed by atoms with Gasteiger partial charge in [0.25, 0.3) is 0 Å². The summed E-state index contributed by atoms with van der Waals surface area (Å²) in [4.78, 5) is 0. The molecule has 0 aromatic carbocycles. The fourth-order valence-electron chi connectivity index (χ4n) is 1.32. The Morgan fingerprint density at radius 2 is 1.94 bits per heavy atom. The SMILES string of the molecule is C=C(C)C(O)OCCC(C)CCC=C(C)C. The van der Waals surface area contributed by atoms with Gasteiger partial charge in [-0.25, -0.2) is 0 Å². The van der Waals surface area contributed by atoms with Gasteiger partial charge in [0.15, 0.2) is 6.29 Å². The van der Waals surface area contributed by atoms with Crippen LogP contribution in [0.4, 0.5) is 0 Å². The standard InChI is InChI=1S/C14H26O2/c1-11(2)7-6-8-13(5)9-10-16-14(15)12(3)4/h7,13-15H,3,6,8-10H2,1-2,4-5H3. The summed E-state index contributed by atoms with van der Waals surface area (Å²) in [6, 6.07) is 0. The molecule has 0 amide bonds. The Balaban J connectivity index is 3.54. The summed E-state index contributed by atoms with van der Waals surface area (Å²) in [6.45, 7) is 12.5. The van der Waals surface area contributed by atoms with Gasteiger partial charge in [-0.15, -0.1) is 0 Å². The fourth-order valence-corrected chi connectivity index (χ4v) is 1.32. The predicted molar refractivity (Wildman–Crippen MR) is 69.2 cm³/mol. The third-order valence-electron chi connectivity index (χ3n) is 2.52. The molecular formula is C14H26O2. The summed E-state index contributed by atoms with van der Waals surface area (Å²) in [7, 11) is 0. The van der Waals surface area contributed by atoms with E-state index in [1.54, 1.807) is 6.92 Å². The lowest BCUT2D eigenvalue weighted by molar-refractivity contribution is -0.0750. The Morgan fingerprint density at radius 3 is 2.44 bits per heavy atom. The van der Waals surface area contributed by atoms with Crippen molar-refractivity contribution in [2.75, 3.05) is 6.61 Å². The first kappa shape index (κ1) is 15.4. The average molecular weight is 226 g/mol. The van der Waals surface area contributed by atoms with Crippen molar-refractivity contribution in [1.29, 1.82) is 0 Å². The van der Waals surface area contributed by atoms with Crippen molar-refractivity contribution in [1.82, 2.24) is 0 Å². The molecule has 0 aliphatic heterocycles. The third kappa shape index (κ3) is 8.69. The van der Waals surface area contributed by atoms with Crippen molar-refractivity contribution >= 4 is 0 Å². The number of aliphatic hydroxyl groups is 1. The van der Waals surface area contributed by atoms with E-state index in [1.807, 2.05) is 0 Å². The first-order valence-corrected chi connectivity index (χ1v) is 6.02. The van der Waals surface area contributed by atoms with E-state index in [1.165, 1.54) is 12.0 Å². The van der Waals surface area contributed by atoms with Crippen molar-refractivity contribution in [3.8, 4) is 0 Å². The van der Waals surface area contributed by atoms with Gasteiger partial charge in [-0.05, 0) is 51.5 Å². The lowest BCUT2D eigenvalue weighted by Crippen LogP contribution is -2.14. The molecule has 0 saturated carbocycles. The van der Waals surface area contributed by atoms with Crippen LogP contribution < -0.4 is 0 Å². The second-order valence-corrected chi connectivity index (χ2v) is 4.82. The molecule has 2 unspecified atom stereocenters. The first-order chi connectivity index (χ1) is 7.43. The number of aliphatic hydroxyl groups excluding tert-OH is 1. The molecule has 2 nitrogen and oxygen atoms in total. The summed E-state index contributed by atoms with van der Waals surface area (Å²) in [5, 5.41) is 9.36. The molecule has 0 radical (unpaired) electrons. The molecule has 0 fully saturated rings. The molecule has 0 saturated heterocycles. The van der Waals surface area contributed by atoms with Gasteiger partial charge >= 0.3 is 0 Å². The highest BCUT2D eigenvalue weighted by Crippen LogP contribution is 2.12. The highest BCUT2D eigenvalue weighted by molar-refractivity contribution is 4.93. The van der Waals surface area contributed by atoms with E-state index in [0.717, 1.165) is 12.8 Å². The zero-order valence-electron chi connectivity index (χ0n) is 11.1. The molecule has 94 valence electrons. The monoisotopic (exact) mass is 226 g/mol. The maximum Gasteiger partial charge on any atom is 0.176 e. The van der Waals surface area contributed by atoms with E-state index in [-0.39, 0.29) is 0 Å². The lowest BCUT2D eigenvalue weighted by atomic mass is 10.0. The maximum atomic E-state index is 9.36. The molecule has 0 spiro atoms. The summed E-state index contributed by atoms with van der Waals surface area (Å²) in [5.74, 6) is 0.632. The van der Waals surface area contributed by atoms with Gasteiger partial charge in [0.05, 0.1) is 6.61 Å². The molecule has 0 aromatic heterocycles. The van der Waals surface area contributed by atoms with Crippen LogP contribution in [-0.2, 0) is 4.74 Å². The van der Waals surface area contributed by atoms with E-state index in [4.69, 9.17) is 4.74 Å². The molecule has 0 aromatic rings. The number of hydrogen-bond acceptors (Lipinski definition) is 2. The average Bonchev–Trinajstić information content (AvgIpc) is 2.16. The van der Waals surface area contributed by atoms with Crippen LogP contribution in [0.1, 0.15) is 47.0 Å². The zero-order valence-corrected chi connectivity index (χ0v) is 11.1.